The summed E-state index contributed by atoms with van der Waals surface area (Å²) < 4.78 is 10.8. The van der Waals surface area contributed by atoms with Crippen molar-refractivity contribution in [2.45, 2.75) is 51.6 Å². The molecule has 112 valence electrons. The van der Waals surface area contributed by atoms with Crippen LogP contribution in [0.5, 0.6) is 0 Å². The van der Waals surface area contributed by atoms with Gasteiger partial charge in [0.15, 0.2) is 5.69 Å². The Kier molecular flexibility index (Phi) is 5.59. The van der Waals surface area contributed by atoms with Gasteiger partial charge in [0.1, 0.15) is 5.76 Å². The molecule has 2 heterocycles. The first-order valence-electron chi connectivity index (χ1n) is 7.53. The lowest BCUT2D eigenvalue weighted by Crippen LogP contribution is -2.31. The van der Waals surface area contributed by atoms with Crippen molar-refractivity contribution >= 4 is 5.91 Å². The predicted octanol–water partition coefficient (Wildman–Crippen LogP) is 2.66. The molecule has 1 amide bonds. The van der Waals surface area contributed by atoms with E-state index in [4.69, 9.17) is 9.26 Å². The molecule has 1 aromatic heterocycles. The third-order valence-corrected chi connectivity index (χ3v) is 3.68. The van der Waals surface area contributed by atoms with Gasteiger partial charge in [0.05, 0.1) is 6.10 Å². The van der Waals surface area contributed by atoms with Crippen LogP contribution in [0.25, 0.3) is 0 Å². The van der Waals surface area contributed by atoms with Gasteiger partial charge in [-0.15, -0.1) is 0 Å². The van der Waals surface area contributed by atoms with Crippen molar-refractivity contribution in [1.29, 1.82) is 0 Å². The molecule has 20 heavy (non-hydrogen) atoms. The summed E-state index contributed by atoms with van der Waals surface area (Å²) in [5.74, 6) is 0.701. The fourth-order valence-electron chi connectivity index (χ4n) is 2.45. The van der Waals surface area contributed by atoms with Gasteiger partial charge in [0.2, 0.25) is 0 Å². The lowest BCUT2D eigenvalue weighted by atomic mass is 10.1. The zero-order chi connectivity index (χ0) is 14.4. The third-order valence-electron chi connectivity index (χ3n) is 3.68. The van der Waals surface area contributed by atoms with Crippen molar-refractivity contribution in [3.63, 3.8) is 0 Å². The number of aromatic nitrogens is 1. The summed E-state index contributed by atoms with van der Waals surface area (Å²) in [7, 11) is 1.80. The van der Waals surface area contributed by atoms with E-state index < -0.39 is 0 Å². The molecular formula is C15H24N2O3. The van der Waals surface area contributed by atoms with Crippen LogP contribution in [-0.4, -0.2) is 42.3 Å². The molecule has 1 atom stereocenters. The van der Waals surface area contributed by atoms with Crippen molar-refractivity contribution < 1.29 is 14.1 Å². The molecule has 1 aromatic rings. The van der Waals surface area contributed by atoms with E-state index in [-0.39, 0.29) is 5.91 Å². The summed E-state index contributed by atoms with van der Waals surface area (Å²) >= 11 is 0. The maximum Gasteiger partial charge on any atom is 0.275 e. The van der Waals surface area contributed by atoms with Gasteiger partial charge in [0, 0.05) is 32.7 Å². The van der Waals surface area contributed by atoms with E-state index in [1.807, 2.05) is 0 Å². The van der Waals surface area contributed by atoms with Gasteiger partial charge in [-0.1, -0.05) is 12.1 Å². The van der Waals surface area contributed by atoms with Crippen LogP contribution in [0, 0.1) is 0 Å². The van der Waals surface area contributed by atoms with Crippen molar-refractivity contribution in [3.8, 4) is 0 Å². The summed E-state index contributed by atoms with van der Waals surface area (Å²) in [6, 6.07) is 1.75. The maximum absolute atomic E-state index is 12.2. The molecule has 2 rings (SSSR count). The van der Waals surface area contributed by atoms with Gasteiger partial charge in [-0.3, -0.25) is 4.79 Å². The molecule has 5 nitrogen and oxygen atoms in total. The van der Waals surface area contributed by atoms with E-state index in [0.717, 1.165) is 44.5 Å². The summed E-state index contributed by atoms with van der Waals surface area (Å²) in [5, 5.41) is 3.85. The Balaban J connectivity index is 1.81. The van der Waals surface area contributed by atoms with Gasteiger partial charge in [0.25, 0.3) is 5.91 Å². The van der Waals surface area contributed by atoms with Crippen LogP contribution in [0.4, 0.5) is 0 Å². The number of hydrogen-bond donors (Lipinski definition) is 0. The third kappa shape index (κ3) is 4.07. The lowest BCUT2D eigenvalue weighted by Gasteiger charge is -2.24. The highest BCUT2D eigenvalue weighted by Gasteiger charge is 2.19. The van der Waals surface area contributed by atoms with Crippen LogP contribution in [0.3, 0.4) is 0 Å². The molecule has 0 bridgehead atoms. The monoisotopic (exact) mass is 280 g/mol. The quantitative estimate of drug-likeness (QED) is 0.804. The van der Waals surface area contributed by atoms with Gasteiger partial charge in [-0.2, -0.15) is 0 Å². The van der Waals surface area contributed by atoms with E-state index in [0.29, 0.717) is 18.3 Å². The first kappa shape index (κ1) is 15.0. The molecule has 1 aliphatic heterocycles. The molecular weight excluding hydrogens is 256 g/mol. The Morgan fingerprint density at radius 3 is 3.05 bits per heavy atom. The number of nitrogens with zero attached hydrogens (tertiary/aromatic N) is 2. The van der Waals surface area contributed by atoms with Gasteiger partial charge < -0.3 is 14.2 Å². The Morgan fingerprint density at radius 2 is 2.35 bits per heavy atom. The van der Waals surface area contributed by atoms with Gasteiger partial charge in [-0.05, 0) is 32.1 Å². The molecule has 0 radical (unpaired) electrons. The Bertz CT molecular complexity index is 425. The first-order chi connectivity index (χ1) is 9.70. The molecule has 1 fully saturated rings. The molecule has 5 heteroatoms. The van der Waals surface area contributed by atoms with Crippen LogP contribution >= 0.6 is 0 Å². The summed E-state index contributed by atoms with van der Waals surface area (Å²) in [5.41, 5.74) is 0.403. The Labute approximate surface area is 120 Å². The van der Waals surface area contributed by atoms with Crippen LogP contribution in [0.15, 0.2) is 10.6 Å². The van der Waals surface area contributed by atoms with Crippen LogP contribution < -0.4 is 0 Å². The summed E-state index contributed by atoms with van der Waals surface area (Å²) in [6.45, 7) is 3.62. The van der Waals surface area contributed by atoms with Crippen LogP contribution in [-0.2, 0) is 11.2 Å². The highest BCUT2D eigenvalue weighted by Crippen LogP contribution is 2.16. The number of carbonyl (C=O) groups is 1. The molecule has 0 aliphatic carbocycles. The highest BCUT2D eigenvalue weighted by molar-refractivity contribution is 5.92. The molecule has 0 spiro atoms. The SMILES string of the molecule is CCCc1cc(C(=O)N(C)CC[C@H]2CCCCO2)no1. The number of ether oxygens (including phenoxy) is 1. The second-order valence-electron chi connectivity index (χ2n) is 5.43. The minimum absolute atomic E-state index is 0.0769. The van der Waals surface area contributed by atoms with E-state index in [2.05, 4.69) is 12.1 Å². The minimum atomic E-state index is -0.0769. The first-order valence-corrected chi connectivity index (χ1v) is 7.53. The van der Waals surface area contributed by atoms with Gasteiger partial charge >= 0.3 is 0 Å². The molecule has 1 saturated heterocycles. The second kappa shape index (κ2) is 7.43. The normalized spacial score (nSPS) is 19.0. The number of amides is 1. The molecule has 0 aromatic carbocycles. The van der Waals surface area contributed by atoms with Crippen LogP contribution in [0.2, 0.25) is 0 Å². The molecule has 0 N–H and O–H groups in total. The van der Waals surface area contributed by atoms with Crippen molar-refractivity contribution in [2.24, 2.45) is 0 Å². The zero-order valence-corrected chi connectivity index (χ0v) is 12.4. The fourth-order valence-corrected chi connectivity index (χ4v) is 2.45. The average Bonchev–Trinajstić information content (AvgIpc) is 2.94. The highest BCUT2D eigenvalue weighted by atomic mass is 16.5. The zero-order valence-electron chi connectivity index (χ0n) is 12.4. The van der Waals surface area contributed by atoms with Crippen LogP contribution in [0.1, 0.15) is 55.3 Å². The summed E-state index contributed by atoms with van der Waals surface area (Å²) in [6.07, 6.45) is 6.48. The van der Waals surface area contributed by atoms with Crippen molar-refractivity contribution in [2.75, 3.05) is 20.2 Å². The topological polar surface area (TPSA) is 55.6 Å². The number of rotatable bonds is 6. The molecule has 0 unspecified atom stereocenters. The van der Waals surface area contributed by atoms with Crippen molar-refractivity contribution in [1.82, 2.24) is 10.1 Å². The second-order valence-corrected chi connectivity index (χ2v) is 5.43. The Hall–Kier alpha value is -1.36. The standard InChI is InChI=1S/C15H24N2O3/c1-3-6-13-11-14(16-20-13)15(18)17(2)9-8-12-7-4-5-10-19-12/h11-12H,3-10H2,1-2H3/t12-/m1/s1. The van der Waals surface area contributed by atoms with Crippen molar-refractivity contribution in [3.05, 3.63) is 17.5 Å². The van der Waals surface area contributed by atoms with E-state index in [1.54, 1.807) is 18.0 Å². The van der Waals surface area contributed by atoms with E-state index in [1.165, 1.54) is 6.42 Å². The average molecular weight is 280 g/mol. The largest absolute Gasteiger partial charge is 0.378 e. The smallest absolute Gasteiger partial charge is 0.275 e. The van der Waals surface area contributed by atoms with E-state index in [9.17, 15) is 4.79 Å². The maximum atomic E-state index is 12.2. The number of hydrogen-bond acceptors (Lipinski definition) is 4. The minimum Gasteiger partial charge on any atom is -0.378 e. The number of aryl methyl sites for hydroxylation is 1. The lowest BCUT2D eigenvalue weighted by molar-refractivity contribution is 0.00703. The number of carbonyl (C=O) groups excluding carboxylic acids is 1. The fraction of sp³-hybridized carbons (Fsp3) is 0.733. The van der Waals surface area contributed by atoms with E-state index >= 15 is 0 Å². The predicted molar refractivity (Wildman–Crippen MR) is 75.7 cm³/mol. The Morgan fingerprint density at radius 1 is 1.50 bits per heavy atom. The molecule has 1 aliphatic rings. The summed E-state index contributed by atoms with van der Waals surface area (Å²) in [4.78, 5) is 13.9. The molecule has 0 saturated carbocycles. The van der Waals surface area contributed by atoms with Gasteiger partial charge in [-0.25, -0.2) is 0 Å².